The summed E-state index contributed by atoms with van der Waals surface area (Å²) in [6.07, 6.45) is 0. The molecule has 2 heterocycles. The predicted octanol–water partition coefficient (Wildman–Crippen LogP) is 12.5. The van der Waals surface area contributed by atoms with Crippen molar-refractivity contribution in [1.29, 1.82) is 0 Å². The number of hydrogen-bond donors (Lipinski definition) is 0. The lowest BCUT2D eigenvalue weighted by Gasteiger charge is -2.12. The smallest absolute Gasteiger partial charge is 0.161 e. The lowest BCUT2D eigenvalue weighted by Crippen LogP contribution is -1.95. The van der Waals surface area contributed by atoms with Crippen LogP contribution >= 0.6 is 0 Å². The van der Waals surface area contributed by atoms with Gasteiger partial charge in [0.1, 0.15) is 11.2 Å². The standard InChI is InChI=1S/C46H28N2O/c1-2-13-30(14-3-1)44-37-20-8-9-22-41(37)47-46(48-44)38-21-11-23-42-43(38)40-28-39(35-18-6-7-19-36(35)45(40)49-42)34-17-10-16-32(27-34)33-25-24-29-12-4-5-15-31(29)26-33/h1-28H. The summed E-state index contributed by atoms with van der Waals surface area (Å²) in [6, 6.07) is 59.7. The van der Waals surface area contributed by atoms with Gasteiger partial charge >= 0.3 is 0 Å². The zero-order valence-electron chi connectivity index (χ0n) is 26.5. The normalized spacial score (nSPS) is 11.7. The van der Waals surface area contributed by atoms with Crippen molar-refractivity contribution in [3.63, 3.8) is 0 Å². The van der Waals surface area contributed by atoms with Crippen LogP contribution in [0.5, 0.6) is 0 Å². The van der Waals surface area contributed by atoms with Crippen molar-refractivity contribution in [2.24, 2.45) is 0 Å². The quantitative estimate of drug-likeness (QED) is 0.196. The van der Waals surface area contributed by atoms with E-state index in [0.717, 1.165) is 71.6 Å². The molecule has 10 aromatic rings. The zero-order valence-corrected chi connectivity index (χ0v) is 26.5. The lowest BCUT2D eigenvalue weighted by molar-refractivity contribution is 0.673. The molecular formula is C46H28N2O. The third kappa shape index (κ3) is 4.51. The first-order valence-corrected chi connectivity index (χ1v) is 16.6. The topological polar surface area (TPSA) is 38.9 Å². The van der Waals surface area contributed by atoms with Crippen LogP contribution in [0.3, 0.4) is 0 Å². The minimum atomic E-state index is 0.680. The van der Waals surface area contributed by atoms with E-state index in [0.29, 0.717) is 5.82 Å². The summed E-state index contributed by atoms with van der Waals surface area (Å²) in [6.45, 7) is 0. The van der Waals surface area contributed by atoms with Crippen molar-refractivity contribution < 1.29 is 4.42 Å². The van der Waals surface area contributed by atoms with Gasteiger partial charge < -0.3 is 4.42 Å². The van der Waals surface area contributed by atoms with Crippen molar-refractivity contribution in [2.45, 2.75) is 0 Å². The third-order valence-corrected chi connectivity index (χ3v) is 9.65. The summed E-state index contributed by atoms with van der Waals surface area (Å²) >= 11 is 0. The molecule has 0 amide bonds. The largest absolute Gasteiger partial charge is 0.455 e. The van der Waals surface area contributed by atoms with Crippen molar-refractivity contribution in [1.82, 2.24) is 9.97 Å². The van der Waals surface area contributed by atoms with E-state index in [1.165, 1.54) is 21.9 Å². The molecule has 0 saturated carbocycles. The SMILES string of the molecule is c1ccc(-c2nc(-c3cccc4oc5c6ccccc6c(-c6cccc(-c7ccc8ccccc8c7)c6)cc5c34)nc3ccccc23)cc1. The molecule has 0 N–H and O–H groups in total. The Labute approximate surface area is 282 Å². The maximum absolute atomic E-state index is 6.70. The minimum Gasteiger partial charge on any atom is -0.455 e. The van der Waals surface area contributed by atoms with E-state index in [1.54, 1.807) is 0 Å². The van der Waals surface area contributed by atoms with Gasteiger partial charge in [0.15, 0.2) is 5.82 Å². The van der Waals surface area contributed by atoms with Gasteiger partial charge in [-0.05, 0) is 68.7 Å². The van der Waals surface area contributed by atoms with Crippen LogP contribution in [-0.2, 0) is 0 Å². The molecule has 8 aromatic carbocycles. The number of benzene rings is 8. The Morgan fingerprint density at radius 2 is 1.08 bits per heavy atom. The summed E-state index contributed by atoms with van der Waals surface area (Å²) in [5, 5.41) is 7.81. The number of fused-ring (bicyclic) bond motifs is 7. The fourth-order valence-electron chi connectivity index (χ4n) is 7.32. The van der Waals surface area contributed by atoms with Gasteiger partial charge in [-0.15, -0.1) is 0 Å². The van der Waals surface area contributed by atoms with E-state index in [-0.39, 0.29) is 0 Å². The number of para-hydroxylation sites is 1. The molecule has 0 bridgehead atoms. The summed E-state index contributed by atoms with van der Waals surface area (Å²) < 4.78 is 6.70. The third-order valence-electron chi connectivity index (χ3n) is 9.65. The Kier molecular flexibility index (Phi) is 6.18. The van der Waals surface area contributed by atoms with Crippen LogP contribution in [0.1, 0.15) is 0 Å². The highest BCUT2D eigenvalue weighted by molar-refractivity contribution is 6.22. The molecule has 0 atom stereocenters. The van der Waals surface area contributed by atoms with Crippen LogP contribution in [-0.4, -0.2) is 9.97 Å². The molecule has 49 heavy (non-hydrogen) atoms. The van der Waals surface area contributed by atoms with Crippen LogP contribution in [0.25, 0.3) is 99.3 Å². The summed E-state index contributed by atoms with van der Waals surface area (Å²) in [5.41, 5.74) is 10.2. The molecular weight excluding hydrogens is 597 g/mol. The second-order valence-corrected chi connectivity index (χ2v) is 12.5. The lowest BCUT2D eigenvalue weighted by atomic mass is 9.92. The Balaban J connectivity index is 1.22. The van der Waals surface area contributed by atoms with E-state index in [4.69, 9.17) is 14.4 Å². The Bertz CT molecular complexity index is 2890. The van der Waals surface area contributed by atoms with E-state index in [2.05, 4.69) is 140 Å². The Morgan fingerprint density at radius 3 is 1.98 bits per heavy atom. The molecule has 0 fully saturated rings. The van der Waals surface area contributed by atoms with Gasteiger partial charge in [0.25, 0.3) is 0 Å². The molecule has 0 unspecified atom stereocenters. The van der Waals surface area contributed by atoms with Crippen molar-refractivity contribution >= 4 is 54.4 Å². The van der Waals surface area contributed by atoms with Gasteiger partial charge in [-0.3, -0.25) is 0 Å². The van der Waals surface area contributed by atoms with Gasteiger partial charge in [0, 0.05) is 32.7 Å². The van der Waals surface area contributed by atoms with Crippen molar-refractivity contribution in [2.75, 3.05) is 0 Å². The molecule has 228 valence electrons. The molecule has 3 nitrogen and oxygen atoms in total. The highest BCUT2D eigenvalue weighted by Gasteiger charge is 2.20. The molecule has 0 aliphatic carbocycles. The molecule has 0 saturated heterocycles. The molecule has 2 aromatic heterocycles. The fourth-order valence-corrected chi connectivity index (χ4v) is 7.32. The van der Waals surface area contributed by atoms with Crippen LogP contribution in [0.15, 0.2) is 174 Å². The maximum atomic E-state index is 6.70. The van der Waals surface area contributed by atoms with Crippen LogP contribution in [0.4, 0.5) is 0 Å². The summed E-state index contributed by atoms with van der Waals surface area (Å²) in [7, 11) is 0. The van der Waals surface area contributed by atoms with E-state index < -0.39 is 0 Å². The highest BCUT2D eigenvalue weighted by atomic mass is 16.3. The summed E-state index contributed by atoms with van der Waals surface area (Å²) in [4.78, 5) is 10.4. The van der Waals surface area contributed by atoms with Crippen molar-refractivity contribution in [3.8, 4) is 44.9 Å². The van der Waals surface area contributed by atoms with Crippen LogP contribution < -0.4 is 0 Å². The fraction of sp³-hybridized carbons (Fsp3) is 0. The molecule has 0 aliphatic heterocycles. The second kappa shape index (κ2) is 11.0. The van der Waals surface area contributed by atoms with Crippen molar-refractivity contribution in [3.05, 3.63) is 170 Å². The van der Waals surface area contributed by atoms with Gasteiger partial charge in [0.2, 0.25) is 0 Å². The minimum absolute atomic E-state index is 0.680. The van der Waals surface area contributed by atoms with Gasteiger partial charge in [-0.2, -0.15) is 0 Å². The molecule has 0 aliphatic rings. The first-order chi connectivity index (χ1) is 24.3. The molecule has 0 spiro atoms. The zero-order chi connectivity index (χ0) is 32.3. The van der Waals surface area contributed by atoms with E-state index in [1.807, 2.05) is 30.3 Å². The monoisotopic (exact) mass is 624 g/mol. The van der Waals surface area contributed by atoms with Gasteiger partial charge in [0.05, 0.1) is 11.2 Å². The average Bonchev–Trinajstić information content (AvgIpc) is 3.56. The number of furan rings is 1. The first kappa shape index (κ1) is 27.5. The number of rotatable bonds is 4. The predicted molar refractivity (Wildman–Crippen MR) is 204 cm³/mol. The Morgan fingerprint density at radius 1 is 0.388 bits per heavy atom. The Hall–Kier alpha value is -6.58. The van der Waals surface area contributed by atoms with Gasteiger partial charge in [-0.1, -0.05) is 140 Å². The van der Waals surface area contributed by atoms with Crippen LogP contribution in [0, 0.1) is 0 Å². The number of aromatic nitrogens is 2. The maximum Gasteiger partial charge on any atom is 0.161 e. The van der Waals surface area contributed by atoms with Gasteiger partial charge in [-0.25, -0.2) is 9.97 Å². The number of hydrogen-bond acceptors (Lipinski definition) is 3. The first-order valence-electron chi connectivity index (χ1n) is 16.6. The van der Waals surface area contributed by atoms with E-state index in [9.17, 15) is 0 Å². The molecule has 10 rings (SSSR count). The highest BCUT2D eigenvalue weighted by Crippen LogP contribution is 2.43. The van der Waals surface area contributed by atoms with E-state index >= 15 is 0 Å². The average molecular weight is 625 g/mol. The number of nitrogens with zero attached hydrogens (tertiary/aromatic N) is 2. The molecule has 3 heteroatoms. The summed E-state index contributed by atoms with van der Waals surface area (Å²) in [5.74, 6) is 0.680. The second-order valence-electron chi connectivity index (χ2n) is 12.5. The molecule has 0 radical (unpaired) electrons. The van der Waals surface area contributed by atoms with Crippen LogP contribution in [0.2, 0.25) is 0 Å².